The number of allylic oxidation sites excluding steroid dienone is 2. The van der Waals surface area contributed by atoms with Crippen LogP contribution in [0.3, 0.4) is 0 Å². The molecule has 4 heteroatoms. The third-order valence-electron chi connectivity index (χ3n) is 10.3. The molecule has 4 aliphatic carbocycles. The van der Waals surface area contributed by atoms with Gasteiger partial charge in [-0.3, -0.25) is 0 Å². The van der Waals surface area contributed by atoms with Gasteiger partial charge < -0.3 is 14.8 Å². The molecule has 4 rings (SSSR count). The van der Waals surface area contributed by atoms with Gasteiger partial charge in [0.1, 0.15) is 6.61 Å². The van der Waals surface area contributed by atoms with Crippen molar-refractivity contribution < 1.29 is 9.94 Å². The maximum Gasteiger partial charge on any atom is 0.118 e. The molecule has 0 radical (unpaired) electrons. The Morgan fingerprint density at radius 3 is 2.56 bits per heavy atom. The van der Waals surface area contributed by atoms with Crippen LogP contribution in [0, 0.1) is 40.4 Å². The summed E-state index contributed by atoms with van der Waals surface area (Å²) in [6.07, 6.45) is 17.0. The number of oxime groups is 1. The lowest BCUT2D eigenvalue weighted by Gasteiger charge is -2.61. The van der Waals surface area contributed by atoms with Crippen LogP contribution in [0.25, 0.3) is 0 Å². The first-order chi connectivity index (χ1) is 15.2. The highest BCUT2D eigenvalue weighted by atomic mass is 16.6. The van der Waals surface area contributed by atoms with Gasteiger partial charge in [0, 0.05) is 6.54 Å². The second-order valence-electron chi connectivity index (χ2n) is 12.4. The minimum atomic E-state index is -0.0407. The van der Waals surface area contributed by atoms with Crippen LogP contribution < -0.4 is 0 Å². The molecule has 182 valence electrons. The van der Waals surface area contributed by atoms with Gasteiger partial charge in [-0.2, -0.15) is 0 Å². The van der Waals surface area contributed by atoms with Gasteiger partial charge in [0.15, 0.2) is 0 Å². The molecular weight excluding hydrogens is 396 g/mol. The Bertz CT molecular complexity index is 704. The molecule has 0 unspecified atom stereocenters. The average Bonchev–Trinajstić information content (AvgIpc) is 3.07. The lowest BCUT2D eigenvalue weighted by molar-refractivity contribution is -0.124. The molecule has 4 aliphatic rings. The lowest BCUT2D eigenvalue weighted by atomic mass is 9.44. The normalized spacial score (nSPS) is 44.4. The number of hydrogen-bond donors (Lipinski definition) is 1. The van der Waals surface area contributed by atoms with Crippen LogP contribution in [-0.2, 0) is 4.84 Å². The minimum absolute atomic E-state index is 0.0407. The predicted molar refractivity (Wildman–Crippen MR) is 133 cm³/mol. The molecule has 0 aromatic rings. The van der Waals surface area contributed by atoms with Gasteiger partial charge in [-0.25, -0.2) is 0 Å². The Kier molecular flexibility index (Phi) is 7.41. The first-order valence-corrected chi connectivity index (χ1v) is 13.4. The van der Waals surface area contributed by atoms with Gasteiger partial charge in [0.2, 0.25) is 0 Å². The Morgan fingerprint density at radius 2 is 1.78 bits per heavy atom. The molecule has 0 saturated heterocycles. The van der Waals surface area contributed by atoms with Crippen molar-refractivity contribution in [2.45, 2.75) is 91.1 Å². The summed E-state index contributed by atoms with van der Waals surface area (Å²) in [5, 5.41) is 14.5. The highest BCUT2D eigenvalue weighted by Crippen LogP contribution is 2.67. The summed E-state index contributed by atoms with van der Waals surface area (Å²) in [4.78, 5) is 7.65. The molecular formula is C28H48N2O2. The fourth-order valence-electron chi connectivity index (χ4n) is 8.53. The number of rotatable bonds is 7. The van der Waals surface area contributed by atoms with Crippen molar-refractivity contribution in [1.82, 2.24) is 4.90 Å². The Morgan fingerprint density at radius 1 is 1.03 bits per heavy atom. The van der Waals surface area contributed by atoms with Gasteiger partial charge in [-0.05, 0) is 131 Å². The molecule has 0 aliphatic heterocycles. The summed E-state index contributed by atoms with van der Waals surface area (Å²) < 4.78 is 0. The van der Waals surface area contributed by atoms with E-state index in [1.54, 1.807) is 0 Å². The summed E-state index contributed by atoms with van der Waals surface area (Å²) in [5.41, 5.74) is 2.17. The standard InChI is InChI=1S/C28H48N2O2/c1-20(19-29-32-16-6-15-30(4)5)17-21-8-10-25-24-9-7-22-18-23(31)11-13-27(22,2)26(24)12-14-28(21,25)3/h17,19,21-26,31H,6-16,18H2,1-5H3/b20-17+,29-19+/t21-,22-,23+,24+,25+,26+,27+,28-/m1/s1. The molecule has 0 aromatic heterocycles. The van der Waals surface area contributed by atoms with E-state index in [2.05, 4.69) is 51.0 Å². The van der Waals surface area contributed by atoms with Crippen LogP contribution >= 0.6 is 0 Å². The molecule has 4 saturated carbocycles. The quantitative estimate of drug-likeness (QED) is 0.302. The van der Waals surface area contributed by atoms with Gasteiger partial charge in [-0.1, -0.05) is 25.1 Å². The van der Waals surface area contributed by atoms with Crippen molar-refractivity contribution in [3.8, 4) is 0 Å². The molecule has 0 aromatic carbocycles. The molecule has 0 spiro atoms. The molecule has 4 fully saturated rings. The van der Waals surface area contributed by atoms with E-state index in [0.29, 0.717) is 23.4 Å². The molecule has 1 N–H and O–H groups in total. The lowest BCUT2D eigenvalue weighted by Crippen LogP contribution is -2.53. The van der Waals surface area contributed by atoms with Gasteiger partial charge in [-0.15, -0.1) is 0 Å². The van der Waals surface area contributed by atoms with E-state index in [1.807, 2.05) is 6.21 Å². The van der Waals surface area contributed by atoms with Crippen LogP contribution in [0.4, 0.5) is 0 Å². The van der Waals surface area contributed by atoms with Crippen molar-refractivity contribution >= 4 is 6.21 Å². The number of nitrogens with zero attached hydrogens (tertiary/aromatic N) is 2. The fourth-order valence-corrected chi connectivity index (χ4v) is 8.53. The van der Waals surface area contributed by atoms with Crippen molar-refractivity contribution in [2.24, 2.45) is 45.6 Å². The van der Waals surface area contributed by atoms with Gasteiger partial charge in [0.25, 0.3) is 0 Å². The second-order valence-corrected chi connectivity index (χ2v) is 12.4. The largest absolute Gasteiger partial charge is 0.396 e. The van der Waals surface area contributed by atoms with E-state index in [1.165, 1.54) is 50.5 Å². The molecule has 8 atom stereocenters. The summed E-state index contributed by atoms with van der Waals surface area (Å²) in [6, 6.07) is 0. The zero-order chi connectivity index (χ0) is 22.9. The molecule has 32 heavy (non-hydrogen) atoms. The highest BCUT2D eigenvalue weighted by molar-refractivity contribution is 5.77. The maximum atomic E-state index is 10.3. The monoisotopic (exact) mass is 444 g/mol. The van der Waals surface area contributed by atoms with Crippen LogP contribution in [0.15, 0.2) is 16.8 Å². The van der Waals surface area contributed by atoms with Crippen molar-refractivity contribution in [3.05, 3.63) is 11.6 Å². The van der Waals surface area contributed by atoms with E-state index in [-0.39, 0.29) is 6.10 Å². The fraction of sp³-hybridized carbons (Fsp3) is 0.893. The molecule has 0 bridgehead atoms. The summed E-state index contributed by atoms with van der Waals surface area (Å²) in [6.45, 7) is 9.10. The Labute approximate surface area is 196 Å². The van der Waals surface area contributed by atoms with Crippen molar-refractivity contribution in [3.63, 3.8) is 0 Å². The molecule has 4 nitrogen and oxygen atoms in total. The summed E-state index contributed by atoms with van der Waals surface area (Å²) in [7, 11) is 4.18. The first kappa shape index (κ1) is 24.3. The third-order valence-corrected chi connectivity index (χ3v) is 10.3. The number of hydrogen-bond acceptors (Lipinski definition) is 4. The predicted octanol–water partition coefficient (Wildman–Crippen LogP) is 5.91. The Hall–Kier alpha value is -0.870. The summed E-state index contributed by atoms with van der Waals surface area (Å²) >= 11 is 0. The van der Waals surface area contributed by atoms with Crippen LogP contribution in [0.5, 0.6) is 0 Å². The average molecular weight is 445 g/mol. The zero-order valence-corrected chi connectivity index (χ0v) is 21.4. The van der Waals surface area contributed by atoms with E-state index < -0.39 is 0 Å². The van der Waals surface area contributed by atoms with Crippen molar-refractivity contribution in [1.29, 1.82) is 0 Å². The second kappa shape index (κ2) is 9.78. The smallest absolute Gasteiger partial charge is 0.118 e. The van der Waals surface area contributed by atoms with E-state index in [0.717, 1.165) is 49.5 Å². The number of fused-ring (bicyclic) bond motifs is 5. The number of aliphatic hydroxyl groups is 1. The Balaban J connectivity index is 1.38. The van der Waals surface area contributed by atoms with Crippen molar-refractivity contribution in [2.75, 3.05) is 27.2 Å². The first-order valence-electron chi connectivity index (χ1n) is 13.4. The third kappa shape index (κ3) is 4.69. The highest BCUT2D eigenvalue weighted by Gasteiger charge is 2.59. The van der Waals surface area contributed by atoms with Crippen LogP contribution in [0.1, 0.15) is 85.0 Å². The van der Waals surface area contributed by atoms with Gasteiger partial charge in [0.05, 0.1) is 12.3 Å². The van der Waals surface area contributed by atoms with E-state index in [4.69, 9.17) is 4.84 Å². The SMILES string of the molecule is CC(/C=N/OCCCN(C)C)=C\[C@H]1CC[C@H]2[C@@H]3CC[C@@H]4C[C@@H](O)CC[C@]4(C)[C@H]3CC[C@]12C. The van der Waals surface area contributed by atoms with Crippen LogP contribution in [-0.4, -0.2) is 49.6 Å². The number of aliphatic hydroxyl groups excluding tert-OH is 1. The summed E-state index contributed by atoms with van der Waals surface area (Å²) in [5.74, 6) is 4.09. The molecule has 0 heterocycles. The van der Waals surface area contributed by atoms with Gasteiger partial charge >= 0.3 is 0 Å². The minimum Gasteiger partial charge on any atom is -0.396 e. The topological polar surface area (TPSA) is 45.1 Å². The van der Waals surface area contributed by atoms with E-state index >= 15 is 0 Å². The molecule has 0 amide bonds. The van der Waals surface area contributed by atoms with Crippen LogP contribution in [0.2, 0.25) is 0 Å². The zero-order valence-electron chi connectivity index (χ0n) is 21.4. The van der Waals surface area contributed by atoms with E-state index in [9.17, 15) is 5.11 Å². The maximum absolute atomic E-state index is 10.3.